The molecule has 1 aromatic carbocycles. The Balaban J connectivity index is 1.81. The molecule has 1 saturated heterocycles. The van der Waals surface area contributed by atoms with Gasteiger partial charge in [-0.2, -0.15) is 0 Å². The number of likely N-dealkylation sites (tertiary alicyclic amines) is 1. The average Bonchev–Trinajstić information content (AvgIpc) is 2.54. The molecular formula is C18H28N2O2. The fraction of sp³-hybridized carbons (Fsp3) is 0.611. The fourth-order valence-corrected chi connectivity index (χ4v) is 3.08. The van der Waals surface area contributed by atoms with Crippen LogP contribution in [0.1, 0.15) is 38.2 Å². The Labute approximate surface area is 133 Å². The molecule has 1 aliphatic rings. The first-order valence-electron chi connectivity index (χ1n) is 8.25. The number of benzene rings is 1. The molecule has 1 unspecified atom stereocenters. The number of hydrogen-bond donors (Lipinski definition) is 1. The summed E-state index contributed by atoms with van der Waals surface area (Å²) in [6.07, 6.45) is 4.53. The van der Waals surface area contributed by atoms with Crippen LogP contribution in [0.5, 0.6) is 5.75 Å². The van der Waals surface area contributed by atoms with Crippen LogP contribution in [0.15, 0.2) is 24.3 Å². The van der Waals surface area contributed by atoms with Gasteiger partial charge in [-0.25, -0.2) is 0 Å². The lowest BCUT2D eigenvalue weighted by Crippen LogP contribution is -2.39. The number of carbonyl (C=O) groups excluding carboxylic acids is 1. The van der Waals surface area contributed by atoms with Crippen molar-refractivity contribution in [3.63, 3.8) is 0 Å². The Morgan fingerprint density at radius 1 is 1.36 bits per heavy atom. The molecular weight excluding hydrogens is 276 g/mol. The van der Waals surface area contributed by atoms with Gasteiger partial charge in [0.25, 0.3) is 0 Å². The highest BCUT2D eigenvalue weighted by molar-refractivity contribution is 5.76. The summed E-state index contributed by atoms with van der Waals surface area (Å²) in [5, 5.41) is 0. The van der Waals surface area contributed by atoms with Crippen molar-refractivity contribution in [2.75, 3.05) is 20.2 Å². The van der Waals surface area contributed by atoms with Crippen LogP contribution in [0.2, 0.25) is 0 Å². The van der Waals surface area contributed by atoms with Gasteiger partial charge in [0, 0.05) is 25.6 Å². The number of methoxy groups -OCH3 is 1. The molecule has 0 bridgehead atoms. The molecule has 1 atom stereocenters. The van der Waals surface area contributed by atoms with E-state index in [1.165, 1.54) is 5.56 Å². The summed E-state index contributed by atoms with van der Waals surface area (Å²) in [6.45, 7) is 3.70. The Bertz CT molecular complexity index is 480. The zero-order chi connectivity index (χ0) is 15.9. The topological polar surface area (TPSA) is 55.6 Å². The molecule has 122 valence electrons. The minimum Gasteiger partial charge on any atom is -0.496 e. The summed E-state index contributed by atoms with van der Waals surface area (Å²) < 4.78 is 5.42. The van der Waals surface area contributed by atoms with Crippen LogP contribution in [-0.2, 0) is 11.2 Å². The highest BCUT2D eigenvalue weighted by atomic mass is 16.5. The van der Waals surface area contributed by atoms with Gasteiger partial charge in [-0.15, -0.1) is 0 Å². The Hall–Kier alpha value is -1.55. The van der Waals surface area contributed by atoms with E-state index in [2.05, 4.69) is 12.1 Å². The zero-order valence-corrected chi connectivity index (χ0v) is 13.8. The van der Waals surface area contributed by atoms with Crippen molar-refractivity contribution in [2.45, 2.75) is 45.1 Å². The van der Waals surface area contributed by atoms with Crippen molar-refractivity contribution < 1.29 is 9.53 Å². The summed E-state index contributed by atoms with van der Waals surface area (Å²) in [7, 11) is 1.72. The largest absolute Gasteiger partial charge is 0.496 e. The second-order valence-corrected chi connectivity index (χ2v) is 6.36. The summed E-state index contributed by atoms with van der Waals surface area (Å²) in [6, 6.07) is 8.32. The molecule has 4 nitrogen and oxygen atoms in total. The predicted molar refractivity (Wildman–Crippen MR) is 88.9 cm³/mol. The average molecular weight is 304 g/mol. The minimum atomic E-state index is 0.104. The molecule has 0 spiro atoms. The lowest BCUT2D eigenvalue weighted by Gasteiger charge is -2.32. The van der Waals surface area contributed by atoms with Crippen molar-refractivity contribution in [3.05, 3.63) is 29.8 Å². The number of piperidine rings is 1. The molecule has 2 rings (SSSR count). The first-order valence-corrected chi connectivity index (χ1v) is 8.25. The molecule has 0 radical (unpaired) electrons. The van der Waals surface area contributed by atoms with Crippen LogP contribution in [0.3, 0.4) is 0 Å². The lowest BCUT2D eigenvalue weighted by molar-refractivity contribution is -0.132. The second-order valence-electron chi connectivity index (χ2n) is 6.36. The molecule has 22 heavy (non-hydrogen) atoms. The highest BCUT2D eigenvalue weighted by Gasteiger charge is 2.23. The number of nitrogens with two attached hydrogens (primary N) is 1. The van der Waals surface area contributed by atoms with Crippen LogP contribution >= 0.6 is 0 Å². The van der Waals surface area contributed by atoms with Crippen LogP contribution < -0.4 is 10.5 Å². The number of hydrogen-bond acceptors (Lipinski definition) is 3. The monoisotopic (exact) mass is 304 g/mol. The highest BCUT2D eigenvalue weighted by Crippen LogP contribution is 2.26. The fourth-order valence-electron chi connectivity index (χ4n) is 3.08. The van der Waals surface area contributed by atoms with E-state index in [1.807, 2.05) is 24.0 Å². The third-order valence-corrected chi connectivity index (χ3v) is 4.48. The first-order chi connectivity index (χ1) is 10.6. The van der Waals surface area contributed by atoms with Gasteiger partial charge in [0.15, 0.2) is 0 Å². The number of ether oxygens (including phenoxy) is 1. The second kappa shape index (κ2) is 8.18. The van der Waals surface area contributed by atoms with Crippen molar-refractivity contribution in [1.82, 2.24) is 4.90 Å². The maximum absolute atomic E-state index is 12.1. The van der Waals surface area contributed by atoms with Gasteiger partial charge in [0.2, 0.25) is 5.91 Å². The van der Waals surface area contributed by atoms with Gasteiger partial charge < -0.3 is 15.4 Å². The molecule has 1 aliphatic heterocycles. The van der Waals surface area contributed by atoms with Crippen molar-refractivity contribution in [3.8, 4) is 5.75 Å². The van der Waals surface area contributed by atoms with E-state index in [0.29, 0.717) is 12.3 Å². The molecule has 0 saturated carbocycles. The van der Waals surface area contributed by atoms with E-state index in [0.717, 1.165) is 44.5 Å². The van der Waals surface area contributed by atoms with Crippen LogP contribution in [0.25, 0.3) is 0 Å². The Kier molecular flexibility index (Phi) is 6.25. The number of rotatable bonds is 6. The van der Waals surface area contributed by atoms with Crippen molar-refractivity contribution >= 4 is 5.91 Å². The van der Waals surface area contributed by atoms with Gasteiger partial charge in [-0.05, 0) is 50.2 Å². The summed E-state index contributed by atoms with van der Waals surface area (Å²) >= 11 is 0. The van der Waals surface area contributed by atoms with E-state index >= 15 is 0 Å². The third kappa shape index (κ3) is 4.73. The summed E-state index contributed by atoms with van der Waals surface area (Å²) in [5.41, 5.74) is 6.99. The molecule has 0 aliphatic carbocycles. The minimum absolute atomic E-state index is 0.104. The summed E-state index contributed by atoms with van der Waals surface area (Å²) in [4.78, 5) is 14.1. The SMILES string of the molecule is COc1ccccc1CC1CCN(C(=O)CCC(C)N)CC1. The molecule has 1 aromatic rings. The molecule has 1 heterocycles. The maximum Gasteiger partial charge on any atom is 0.222 e. The number of carbonyl (C=O) groups is 1. The van der Waals surface area contributed by atoms with Gasteiger partial charge >= 0.3 is 0 Å². The lowest BCUT2D eigenvalue weighted by atomic mass is 9.89. The van der Waals surface area contributed by atoms with Gasteiger partial charge in [0.1, 0.15) is 5.75 Å². The predicted octanol–water partition coefficient (Wildman–Crippen LogP) is 2.60. The van der Waals surface area contributed by atoms with E-state index in [9.17, 15) is 4.79 Å². The van der Waals surface area contributed by atoms with E-state index in [4.69, 9.17) is 10.5 Å². The molecule has 2 N–H and O–H groups in total. The first kappa shape index (κ1) is 16.8. The summed E-state index contributed by atoms with van der Waals surface area (Å²) in [5.74, 6) is 1.86. The third-order valence-electron chi connectivity index (χ3n) is 4.48. The van der Waals surface area contributed by atoms with Gasteiger partial charge in [0.05, 0.1) is 7.11 Å². The maximum atomic E-state index is 12.1. The normalized spacial score (nSPS) is 17.3. The number of para-hydroxylation sites is 1. The number of nitrogens with zero attached hydrogens (tertiary/aromatic N) is 1. The number of amides is 1. The van der Waals surface area contributed by atoms with Crippen molar-refractivity contribution in [1.29, 1.82) is 0 Å². The molecule has 1 amide bonds. The van der Waals surface area contributed by atoms with Crippen LogP contribution in [-0.4, -0.2) is 37.0 Å². The zero-order valence-electron chi connectivity index (χ0n) is 13.8. The van der Waals surface area contributed by atoms with Crippen molar-refractivity contribution in [2.24, 2.45) is 11.7 Å². The van der Waals surface area contributed by atoms with E-state index in [1.54, 1.807) is 7.11 Å². The van der Waals surface area contributed by atoms with Crippen LogP contribution in [0.4, 0.5) is 0 Å². The molecule has 0 aromatic heterocycles. The Morgan fingerprint density at radius 3 is 2.68 bits per heavy atom. The van der Waals surface area contributed by atoms with Gasteiger partial charge in [-0.1, -0.05) is 18.2 Å². The smallest absolute Gasteiger partial charge is 0.222 e. The quantitative estimate of drug-likeness (QED) is 0.879. The van der Waals surface area contributed by atoms with E-state index in [-0.39, 0.29) is 11.9 Å². The Morgan fingerprint density at radius 2 is 2.05 bits per heavy atom. The van der Waals surface area contributed by atoms with Crippen LogP contribution in [0, 0.1) is 5.92 Å². The van der Waals surface area contributed by atoms with E-state index < -0.39 is 0 Å². The standard InChI is InChI=1S/C18H28N2O2/c1-14(19)7-8-18(21)20-11-9-15(10-12-20)13-16-5-3-4-6-17(16)22-2/h3-6,14-15H,7-13,19H2,1-2H3. The molecule has 4 heteroatoms. The molecule has 1 fully saturated rings. The van der Waals surface area contributed by atoms with Gasteiger partial charge in [-0.3, -0.25) is 4.79 Å².